The highest BCUT2D eigenvalue weighted by atomic mass is 35.5. The fourth-order valence-electron chi connectivity index (χ4n) is 2.50. The lowest BCUT2D eigenvalue weighted by molar-refractivity contribution is 0.0940. The van der Waals surface area contributed by atoms with Gasteiger partial charge in [0.1, 0.15) is 5.52 Å². The van der Waals surface area contributed by atoms with Gasteiger partial charge in [-0.2, -0.15) is 0 Å². The number of fused-ring (bicyclic) bond motifs is 1. The van der Waals surface area contributed by atoms with E-state index in [0.717, 1.165) is 5.56 Å². The largest absolute Gasteiger partial charge is 0.347 e. The van der Waals surface area contributed by atoms with E-state index in [2.05, 4.69) is 46.5 Å². The third kappa shape index (κ3) is 4.53. The van der Waals surface area contributed by atoms with Crippen LogP contribution in [0, 0.1) is 0 Å². The molecule has 0 radical (unpaired) electrons. The molecule has 1 amide bonds. The van der Waals surface area contributed by atoms with Crippen LogP contribution in [0.3, 0.4) is 0 Å². The molecule has 0 aliphatic rings. The van der Waals surface area contributed by atoms with Crippen LogP contribution in [0.1, 0.15) is 47.6 Å². The van der Waals surface area contributed by atoms with Crippen LogP contribution in [0.25, 0.3) is 11.0 Å². The van der Waals surface area contributed by atoms with Gasteiger partial charge < -0.3 is 11.1 Å². The topological polar surface area (TPSA) is 93.8 Å². The van der Waals surface area contributed by atoms with E-state index < -0.39 is 0 Å². The van der Waals surface area contributed by atoms with Gasteiger partial charge in [0.15, 0.2) is 0 Å². The molecule has 3 aromatic rings. The Morgan fingerprint density at radius 3 is 2.27 bits per heavy atom. The lowest BCUT2D eigenvalue weighted by Gasteiger charge is -2.14. The van der Waals surface area contributed by atoms with Crippen LogP contribution < -0.4 is 11.1 Å². The molecule has 0 bridgehead atoms. The van der Waals surface area contributed by atoms with Crippen molar-refractivity contribution in [1.29, 1.82) is 0 Å². The first-order valence-corrected chi connectivity index (χ1v) is 8.27. The molecule has 1 heterocycles. The number of para-hydroxylation sites is 1. The summed E-state index contributed by atoms with van der Waals surface area (Å²) in [6.45, 7) is 4.59. The van der Waals surface area contributed by atoms with Gasteiger partial charge in [-0.15, -0.1) is 22.6 Å². The maximum Gasteiger partial charge on any atom is 0.291 e. The Balaban J connectivity index is 0.00000243. The molecule has 136 valence electrons. The summed E-state index contributed by atoms with van der Waals surface area (Å²) in [5.41, 5.74) is 9.69. The van der Waals surface area contributed by atoms with Crippen LogP contribution in [-0.2, 0) is 0 Å². The molecule has 0 fully saturated rings. The SMILES string of the molecule is CC(C)c1ccc([C@@H](N)CNC(=O)c2nnc3ccccc3n2)cc1.Cl. The lowest BCUT2D eigenvalue weighted by Crippen LogP contribution is -2.33. The van der Waals surface area contributed by atoms with Crippen molar-refractivity contribution in [2.24, 2.45) is 5.73 Å². The summed E-state index contributed by atoms with van der Waals surface area (Å²) in [6, 6.07) is 15.1. The zero-order valence-corrected chi connectivity index (χ0v) is 15.5. The Morgan fingerprint density at radius 1 is 1.00 bits per heavy atom. The Bertz CT molecular complexity index is 882. The van der Waals surface area contributed by atoms with Crippen LogP contribution >= 0.6 is 12.4 Å². The molecular weight excluding hydrogens is 350 g/mol. The van der Waals surface area contributed by atoms with Crippen molar-refractivity contribution < 1.29 is 4.79 Å². The summed E-state index contributed by atoms with van der Waals surface area (Å²) in [4.78, 5) is 16.5. The second-order valence-electron chi connectivity index (χ2n) is 6.26. The summed E-state index contributed by atoms with van der Waals surface area (Å²) < 4.78 is 0. The first kappa shape index (κ1) is 19.8. The second-order valence-corrected chi connectivity index (χ2v) is 6.26. The lowest BCUT2D eigenvalue weighted by atomic mass is 9.99. The molecule has 1 atom stereocenters. The number of aromatic nitrogens is 3. The van der Waals surface area contributed by atoms with Crippen LogP contribution in [0.15, 0.2) is 48.5 Å². The number of halogens is 1. The van der Waals surface area contributed by atoms with Crippen molar-refractivity contribution in [1.82, 2.24) is 20.5 Å². The molecule has 3 rings (SSSR count). The van der Waals surface area contributed by atoms with Gasteiger partial charge in [0.05, 0.1) is 5.52 Å². The first-order chi connectivity index (χ1) is 12.0. The average molecular weight is 372 g/mol. The minimum Gasteiger partial charge on any atom is -0.347 e. The maximum absolute atomic E-state index is 12.2. The normalized spacial score (nSPS) is 11.8. The number of benzene rings is 2. The van der Waals surface area contributed by atoms with Gasteiger partial charge in [-0.3, -0.25) is 4.79 Å². The van der Waals surface area contributed by atoms with Gasteiger partial charge in [0.2, 0.25) is 5.82 Å². The van der Waals surface area contributed by atoms with Gasteiger partial charge in [0.25, 0.3) is 5.91 Å². The standard InChI is InChI=1S/C19H21N5O.ClH/c1-12(2)13-7-9-14(10-8-13)15(20)11-21-19(25)18-22-16-5-3-4-6-17(16)23-24-18;/h3-10,12,15H,11,20H2,1-2H3,(H,21,25);1H/t15-;/m0./s1. The van der Waals surface area contributed by atoms with E-state index in [0.29, 0.717) is 23.5 Å². The first-order valence-electron chi connectivity index (χ1n) is 8.27. The van der Waals surface area contributed by atoms with E-state index in [1.54, 1.807) is 12.1 Å². The number of hydrogen-bond acceptors (Lipinski definition) is 5. The van der Waals surface area contributed by atoms with Gasteiger partial charge in [0, 0.05) is 12.6 Å². The molecule has 0 spiro atoms. The van der Waals surface area contributed by atoms with E-state index in [4.69, 9.17) is 5.73 Å². The third-order valence-corrected chi connectivity index (χ3v) is 4.08. The summed E-state index contributed by atoms with van der Waals surface area (Å²) in [7, 11) is 0. The molecular formula is C19H22ClN5O. The highest BCUT2D eigenvalue weighted by molar-refractivity contribution is 5.91. The fraction of sp³-hybridized carbons (Fsp3) is 0.263. The molecule has 0 saturated heterocycles. The van der Waals surface area contributed by atoms with E-state index in [1.165, 1.54) is 5.56 Å². The van der Waals surface area contributed by atoms with Crippen molar-refractivity contribution in [2.75, 3.05) is 6.54 Å². The van der Waals surface area contributed by atoms with Gasteiger partial charge in [-0.05, 0) is 29.2 Å². The highest BCUT2D eigenvalue weighted by Gasteiger charge is 2.13. The molecule has 0 unspecified atom stereocenters. The zero-order valence-electron chi connectivity index (χ0n) is 14.7. The van der Waals surface area contributed by atoms with E-state index in [1.807, 2.05) is 24.3 Å². The Hall–Kier alpha value is -2.57. The van der Waals surface area contributed by atoms with Gasteiger partial charge in [-0.1, -0.05) is 50.2 Å². The second kappa shape index (κ2) is 8.69. The quantitative estimate of drug-likeness (QED) is 0.719. The molecule has 2 aromatic carbocycles. The molecule has 0 aliphatic heterocycles. The number of rotatable bonds is 5. The molecule has 0 saturated carbocycles. The molecule has 0 aliphatic carbocycles. The Morgan fingerprint density at radius 2 is 1.62 bits per heavy atom. The van der Waals surface area contributed by atoms with Crippen LogP contribution in [0.5, 0.6) is 0 Å². The predicted molar refractivity (Wildman–Crippen MR) is 104 cm³/mol. The number of nitrogens with one attached hydrogen (secondary N) is 1. The Kier molecular flexibility index (Phi) is 6.60. The third-order valence-electron chi connectivity index (χ3n) is 4.08. The molecule has 3 N–H and O–H groups in total. The van der Waals surface area contributed by atoms with Crippen molar-refractivity contribution in [3.63, 3.8) is 0 Å². The van der Waals surface area contributed by atoms with E-state index in [9.17, 15) is 4.79 Å². The van der Waals surface area contributed by atoms with Crippen molar-refractivity contribution in [3.8, 4) is 0 Å². The predicted octanol–water partition coefficient (Wildman–Crippen LogP) is 3.00. The van der Waals surface area contributed by atoms with Gasteiger partial charge >= 0.3 is 0 Å². The number of carbonyl (C=O) groups is 1. The fourth-order valence-corrected chi connectivity index (χ4v) is 2.50. The van der Waals surface area contributed by atoms with Crippen LogP contribution in [0.4, 0.5) is 0 Å². The summed E-state index contributed by atoms with van der Waals surface area (Å²) >= 11 is 0. The monoisotopic (exact) mass is 371 g/mol. The number of nitrogens with zero attached hydrogens (tertiary/aromatic N) is 3. The van der Waals surface area contributed by atoms with Crippen molar-refractivity contribution in [2.45, 2.75) is 25.8 Å². The number of amides is 1. The average Bonchev–Trinajstić information content (AvgIpc) is 2.65. The zero-order chi connectivity index (χ0) is 17.8. The minimum absolute atomic E-state index is 0. The molecule has 6 nitrogen and oxygen atoms in total. The van der Waals surface area contributed by atoms with E-state index in [-0.39, 0.29) is 30.2 Å². The van der Waals surface area contributed by atoms with Crippen molar-refractivity contribution in [3.05, 3.63) is 65.5 Å². The molecule has 1 aromatic heterocycles. The minimum atomic E-state index is -0.382. The molecule has 26 heavy (non-hydrogen) atoms. The van der Waals surface area contributed by atoms with Crippen LogP contribution in [0.2, 0.25) is 0 Å². The number of carbonyl (C=O) groups excluding carboxylic acids is 1. The molecule has 7 heteroatoms. The summed E-state index contributed by atoms with van der Waals surface area (Å²) in [6.07, 6.45) is 0. The number of hydrogen-bond donors (Lipinski definition) is 2. The van der Waals surface area contributed by atoms with E-state index >= 15 is 0 Å². The highest BCUT2D eigenvalue weighted by Crippen LogP contribution is 2.17. The maximum atomic E-state index is 12.2. The van der Waals surface area contributed by atoms with Crippen molar-refractivity contribution >= 4 is 29.3 Å². The number of nitrogens with two attached hydrogens (primary N) is 1. The summed E-state index contributed by atoms with van der Waals surface area (Å²) in [5, 5.41) is 10.7. The summed E-state index contributed by atoms with van der Waals surface area (Å²) in [5.74, 6) is 0.135. The van der Waals surface area contributed by atoms with Crippen LogP contribution in [-0.4, -0.2) is 27.6 Å². The van der Waals surface area contributed by atoms with Gasteiger partial charge in [-0.25, -0.2) is 4.98 Å². The Labute approximate surface area is 158 Å². The smallest absolute Gasteiger partial charge is 0.291 e.